The first-order valence-corrected chi connectivity index (χ1v) is 6.26. The van der Waals surface area contributed by atoms with Crippen molar-refractivity contribution in [3.8, 4) is 0 Å². The van der Waals surface area contributed by atoms with Gasteiger partial charge in [-0.3, -0.25) is 0 Å². The normalized spacial score (nSPS) is 14.5. The number of hydrogen-bond donors (Lipinski definition) is 2. The summed E-state index contributed by atoms with van der Waals surface area (Å²) in [7, 11) is 0. The number of nitrogens with two attached hydrogens (primary N) is 1. The average Bonchev–Trinajstić information content (AvgIpc) is 2.72. The molecular weight excluding hydrogens is 208 g/mol. The molecule has 1 heterocycles. The second-order valence-electron chi connectivity index (χ2n) is 5.74. The van der Waals surface area contributed by atoms with Gasteiger partial charge in [0, 0.05) is 28.6 Å². The van der Waals surface area contributed by atoms with E-state index in [1.54, 1.807) is 0 Å². The fraction of sp³-hybridized carbons (Fsp3) is 0.467. The molecule has 0 amide bonds. The summed E-state index contributed by atoms with van der Waals surface area (Å²) in [6.45, 7) is 8.82. The number of hydrogen-bond acceptors (Lipinski definition) is 1. The summed E-state index contributed by atoms with van der Waals surface area (Å²) < 4.78 is 0. The van der Waals surface area contributed by atoms with E-state index in [9.17, 15) is 0 Å². The lowest BCUT2D eigenvalue weighted by atomic mass is 9.74. The summed E-state index contributed by atoms with van der Waals surface area (Å²) in [5.41, 5.74) is 8.84. The molecule has 3 N–H and O–H groups in total. The van der Waals surface area contributed by atoms with Crippen LogP contribution < -0.4 is 5.73 Å². The summed E-state index contributed by atoms with van der Waals surface area (Å²) >= 11 is 0. The molecule has 0 saturated heterocycles. The zero-order chi connectivity index (χ0) is 12.6. The van der Waals surface area contributed by atoms with Crippen molar-refractivity contribution in [1.29, 1.82) is 0 Å². The third-order valence-electron chi connectivity index (χ3n) is 3.83. The van der Waals surface area contributed by atoms with Crippen molar-refractivity contribution in [2.45, 2.75) is 39.2 Å². The highest BCUT2D eigenvalue weighted by Gasteiger charge is 2.32. The maximum Gasteiger partial charge on any atom is 0.0457 e. The predicted molar refractivity (Wildman–Crippen MR) is 74.1 cm³/mol. The van der Waals surface area contributed by atoms with Crippen molar-refractivity contribution in [2.24, 2.45) is 11.7 Å². The lowest BCUT2D eigenvalue weighted by Crippen LogP contribution is -2.44. The summed E-state index contributed by atoms with van der Waals surface area (Å²) in [6.07, 6.45) is 2.10. The second-order valence-corrected chi connectivity index (χ2v) is 5.74. The number of aromatic amines is 1. The van der Waals surface area contributed by atoms with Crippen LogP contribution in [0.2, 0.25) is 0 Å². The SMILES string of the molecule is CC(C)C(N)C(C)(C)c1c[nH]c2ccccc12. The molecule has 0 spiro atoms. The Morgan fingerprint density at radius 2 is 1.82 bits per heavy atom. The molecular formula is C15H22N2. The average molecular weight is 230 g/mol. The third kappa shape index (κ3) is 1.98. The van der Waals surface area contributed by atoms with E-state index in [-0.39, 0.29) is 11.5 Å². The van der Waals surface area contributed by atoms with Crippen molar-refractivity contribution in [2.75, 3.05) is 0 Å². The highest BCUT2D eigenvalue weighted by atomic mass is 14.7. The maximum absolute atomic E-state index is 6.36. The first kappa shape index (κ1) is 12.2. The smallest absolute Gasteiger partial charge is 0.0457 e. The lowest BCUT2D eigenvalue weighted by Gasteiger charge is -2.34. The van der Waals surface area contributed by atoms with E-state index in [0.29, 0.717) is 5.92 Å². The molecule has 0 aliphatic heterocycles. The van der Waals surface area contributed by atoms with Crippen LogP contribution in [-0.4, -0.2) is 11.0 Å². The minimum Gasteiger partial charge on any atom is -0.361 e. The number of rotatable bonds is 3. The van der Waals surface area contributed by atoms with Gasteiger partial charge < -0.3 is 10.7 Å². The standard InChI is InChI=1S/C15H22N2/c1-10(2)14(16)15(3,4)12-9-17-13-8-6-5-7-11(12)13/h5-10,14,17H,16H2,1-4H3. The van der Waals surface area contributed by atoms with Crippen LogP contribution in [0.15, 0.2) is 30.5 Å². The highest BCUT2D eigenvalue weighted by Crippen LogP contribution is 2.34. The Hall–Kier alpha value is -1.28. The van der Waals surface area contributed by atoms with Crippen LogP contribution in [0.4, 0.5) is 0 Å². The van der Waals surface area contributed by atoms with Crippen LogP contribution in [0.25, 0.3) is 10.9 Å². The molecule has 2 aromatic rings. The van der Waals surface area contributed by atoms with Crippen molar-refractivity contribution >= 4 is 10.9 Å². The Kier molecular flexibility index (Phi) is 3.00. The van der Waals surface area contributed by atoms with Crippen LogP contribution in [-0.2, 0) is 5.41 Å². The Balaban J connectivity index is 2.52. The molecule has 17 heavy (non-hydrogen) atoms. The van der Waals surface area contributed by atoms with E-state index < -0.39 is 0 Å². The number of nitrogens with one attached hydrogen (secondary N) is 1. The summed E-state index contributed by atoms with van der Waals surface area (Å²) in [5, 5.41) is 1.29. The molecule has 0 radical (unpaired) electrons. The van der Waals surface area contributed by atoms with Gasteiger partial charge in [-0.1, -0.05) is 45.9 Å². The van der Waals surface area contributed by atoms with Crippen molar-refractivity contribution in [3.05, 3.63) is 36.0 Å². The van der Waals surface area contributed by atoms with Gasteiger partial charge in [-0.05, 0) is 17.5 Å². The number of aromatic nitrogens is 1. The van der Waals surface area contributed by atoms with Gasteiger partial charge in [-0.25, -0.2) is 0 Å². The Bertz CT molecular complexity index is 508. The molecule has 1 aromatic heterocycles. The molecule has 2 heteroatoms. The molecule has 1 unspecified atom stereocenters. The summed E-state index contributed by atoms with van der Waals surface area (Å²) in [4.78, 5) is 3.33. The zero-order valence-corrected chi connectivity index (χ0v) is 11.1. The van der Waals surface area contributed by atoms with Gasteiger partial charge in [0.05, 0.1) is 0 Å². The van der Waals surface area contributed by atoms with E-state index in [2.05, 4.69) is 63.1 Å². The Labute approximate surface area is 103 Å². The van der Waals surface area contributed by atoms with Gasteiger partial charge in [0.1, 0.15) is 0 Å². The molecule has 0 saturated carbocycles. The number of para-hydroxylation sites is 1. The van der Waals surface area contributed by atoms with Gasteiger partial charge in [-0.2, -0.15) is 0 Å². The molecule has 2 rings (SSSR count). The second kappa shape index (κ2) is 4.19. The summed E-state index contributed by atoms with van der Waals surface area (Å²) in [6, 6.07) is 8.56. The molecule has 1 aromatic carbocycles. The monoisotopic (exact) mass is 230 g/mol. The van der Waals surface area contributed by atoms with Crippen LogP contribution in [0.3, 0.4) is 0 Å². The topological polar surface area (TPSA) is 41.8 Å². The van der Waals surface area contributed by atoms with Gasteiger partial charge in [-0.15, -0.1) is 0 Å². The first-order chi connectivity index (χ1) is 7.94. The minimum absolute atomic E-state index is 0.0201. The van der Waals surface area contributed by atoms with Crippen molar-refractivity contribution in [1.82, 2.24) is 4.98 Å². The van der Waals surface area contributed by atoms with E-state index >= 15 is 0 Å². The zero-order valence-electron chi connectivity index (χ0n) is 11.1. The van der Waals surface area contributed by atoms with Gasteiger partial charge in [0.15, 0.2) is 0 Å². The molecule has 92 valence electrons. The van der Waals surface area contributed by atoms with E-state index in [0.717, 1.165) is 0 Å². The van der Waals surface area contributed by atoms with Gasteiger partial charge in [0.25, 0.3) is 0 Å². The van der Waals surface area contributed by atoms with Crippen molar-refractivity contribution in [3.63, 3.8) is 0 Å². The molecule has 0 aliphatic carbocycles. The Morgan fingerprint density at radius 1 is 1.18 bits per heavy atom. The maximum atomic E-state index is 6.36. The van der Waals surface area contributed by atoms with Crippen LogP contribution in [0, 0.1) is 5.92 Å². The largest absolute Gasteiger partial charge is 0.361 e. The summed E-state index contributed by atoms with van der Waals surface area (Å²) in [5.74, 6) is 0.471. The molecule has 0 fully saturated rings. The fourth-order valence-electron chi connectivity index (χ4n) is 2.62. The highest BCUT2D eigenvalue weighted by molar-refractivity contribution is 5.84. The Morgan fingerprint density at radius 3 is 2.47 bits per heavy atom. The first-order valence-electron chi connectivity index (χ1n) is 6.26. The lowest BCUT2D eigenvalue weighted by molar-refractivity contribution is 0.331. The van der Waals surface area contributed by atoms with Gasteiger partial charge >= 0.3 is 0 Å². The number of benzene rings is 1. The molecule has 0 aliphatic rings. The van der Waals surface area contributed by atoms with Crippen LogP contribution >= 0.6 is 0 Å². The predicted octanol–water partition coefficient (Wildman–Crippen LogP) is 3.43. The van der Waals surface area contributed by atoms with Crippen LogP contribution in [0.1, 0.15) is 33.3 Å². The molecule has 1 atom stereocenters. The number of fused-ring (bicyclic) bond motifs is 1. The van der Waals surface area contributed by atoms with E-state index in [1.807, 2.05) is 0 Å². The molecule has 0 bridgehead atoms. The quantitative estimate of drug-likeness (QED) is 0.833. The van der Waals surface area contributed by atoms with Crippen molar-refractivity contribution < 1.29 is 0 Å². The van der Waals surface area contributed by atoms with Crippen LogP contribution in [0.5, 0.6) is 0 Å². The fourth-order valence-corrected chi connectivity index (χ4v) is 2.62. The minimum atomic E-state index is -0.0201. The van der Waals surface area contributed by atoms with E-state index in [4.69, 9.17) is 5.73 Å². The number of H-pyrrole nitrogens is 1. The van der Waals surface area contributed by atoms with Gasteiger partial charge in [0.2, 0.25) is 0 Å². The van der Waals surface area contributed by atoms with E-state index in [1.165, 1.54) is 16.5 Å². The third-order valence-corrected chi connectivity index (χ3v) is 3.83. The molecule has 2 nitrogen and oxygen atoms in total.